The Bertz CT molecular complexity index is 1850. The van der Waals surface area contributed by atoms with Crippen LogP contribution < -0.4 is 0 Å². The van der Waals surface area contributed by atoms with Crippen molar-refractivity contribution in [3.05, 3.63) is 179 Å². The van der Waals surface area contributed by atoms with Gasteiger partial charge in [0, 0.05) is 0 Å². The van der Waals surface area contributed by atoms with E-state index in [1.54, 1.807) is 0 Å². The molecule has 44 heavy (non-hydrogen) atoms. The lowest BCUT2D eigenvalue weighted by atomic mass is 9.88. The Labute approximate surface area is 263 Å². The molecular formula is C44H42. The lowest BCUT2D eigenvalue weighted by Gasteiger charge is -2.16. The second-order valence-electron chi connectivity index (χ2n) is 11.8. The summed E-state index contributed by atoms with van der Waals surface area (Å²) in [4.78, 5) is 0. The second-order valence-corrected chi connectivity index (χ2v) is 11.8. The zero-order chi connectivity index (χ0) is 31.1. The minimum absolute atomic E-state index is 1.28. The Morgan fingerprint density at radius 3 is 1.02 bits per heavy atom. The number of benzene rings is 7. The van der Waals surface area contributed by atoms with Crippen molar-refractivity contribution in [2.45, 2.75) is 41.5 Å². The molecule has 0 aliphatic heterocycles. The summed E-state index contributed by atoms with van der Waals surface area (Å²) in [7, 11) is 0. The summed E-state index contributed by atoms with van der Waals surface area (Å²) in [6, 6.07) is 51.7. The van der Waals surface area contributed by atoms with Crippen LogP contribution >= 0.6 is 0 Å². The van der Waals surface area contributed by atoms with Crippen molar-refractivity contribution in [1.29, 1.82) is 0 Å². The average Bonchev–Trinajstić information content (AvgIpc) is 3.05. The fourth-order valence-electron chi connectivity index (χ4n) is 5.85. The highest BCUT2D eigenvalue weighted by atomic mass is 14.2. The molecule has 0 fully saturated rings. The predicted octanol–water partition coefficient (Wildman–Crippen LogP) is 12.6. The molecule has 0 radical (unpaired) electrons. The highest BCUT2D eigenvalue weighted by Gasteiger charge is 2.12. The Morgan fingerprint density at radius 1 is 0.295 bits per heavy atom. The molecule has 0 N–H and O–H groups in total. The number of rotatable bonds is 2. The van der Waals surface area contributed by atoms with Crippen molar-refractivity contribution in [2.75, 3.05) is 0 Å². The number of fused-ring (bicyclic) bond motifs is 2. The third kappa shape index (κ3) is 7.16. The van der Waals surface area contributed by atoms with Gasteiger partial charge < -0.3 is 0 Å². The van der Waals surface area contributed by atoms with Gasteiger partial charge in [0.05, 0.1) is 0 Å². The fourth-order valence-corrected chi connectivity index (χ4v) is 5.85. The van der Waals surface area contributed by atoms with Gasteiger partial charge in [0.25, 0.3) is 0 Å². The van der Waals surface area contributed by atoms with Crippen molar-refractivity contribution in [2.24, 2.45) is 0 Å². The van der Waals surface area contributed by atoms with Crippen LogP contribution in [0.25, 0.3) is 43.8 Å². The third-order valence-electron chi connectivity index (χ3n) is 8.26. The summed E-state index contributed by atoms with van der Waals surface area (Å²) in [6.45, 7) is 12.9. The molecule has 0 saturated carbocycles. The van der Waals surface area contributed by atoms with Crippen LogP contribution in [0.3, 0.4) is 0 Å². The van der Waals surface area contributed by atoms with Gasteiger partial charge in [-0.25, -0.2) is 0 Å². The molecule has 0 nitrogen and oxygen atoms in total. The zero-order valence-electron chi connectivity index (χ0n) is 26.9. The van der Waals surface area contributed by atoms with Gasteiger partial charge in [-0.1, -0.05) is 157 Å². The molecule has 0 unspecified atom stereocenters. The second kappa shape index (κ2) is 14.0. The number of hydrogen-bond donors (Lipinski definition) is 0. The van der Waals surface area contributed by atoms with E-state index in [0.29, 0.717) is 0 Å². The highest BCUT2D eigenvalue weighted by Crippen LogP contribution is 2.37. The van der Waals surface area contributed by atoms with E-state index in [1.165, 1.54) is 77.2 Å². The maximum atomic E-state index is 2.22. The molecule has 0 atom stereocenters. The lowest BCUT2D eigenvalue weighted by molar-refractivity contribution is 1.39. The molecule has 0 bridgehead atoms. The third-order valence-corrected chi connectivity index (χ3v) is 8.26. The van der Waals surface area contributed by atoms with E-state index in [4.69, 9.17) is 0 Å². The van der Waals surface area contributed by atoms with E-state index < -0.39 is 0 Å². The van der Waals surface area contributed by atoms with E-state index in [0.717, 1.165) is 0 Å². The van der Waals surface area contributed by atoms with Gasteiger partial charge in [0.2, 0.25) is 0 Å². The van der Waals surface area contributed by atoms with Crippen molar-refractivity contribution in [3.63, 3.8) is 0 Å². The van der Waals surface area contributed by atoms with E-state index in [9.17, 15) is 0 Å². The summed E-state index contributed by atoms with van der Waals surface area (Å²) >= 11 is 0. The summed E-state index contributed by atoms with van der Waals surface area (Å²) < 4.78 is 0. The molecule has 0 aromatic heterocycles. The van der Waals surface area contributed by atoms with Gasteiger partial charge >= 0.3 is 0 Å². The summed E-state index contributed by atoms with van der Waals surface area (Å²) in [5.41, 5.74) is 13.3. The van der Waals surface area contributed by atoms with Crippen molar-refractivity contribution >= 4 is 21.5 Å². The van der Waals surface area contributed by atoms with E-state index in [2.05, 4.69) is 187 Å². The smallest absolute Gasteiger partial charge is 0.00735 e. The molecule has 0 heterocycles. The average molecular weight is 571 g/mol. The van der Waals surface area contributed by atoms with Crippen LogP contribution in [-0.2, 0) is 0 Å². The van der Waals surface area contributed by atoms with E-state index in [1.807, 2.05) is 0 Å². The van der Waals surface area contributed by atoms with Crippen LogP contribution in [0.1, 0.15) is 33.4 Å². The lowest BCUT2D eigenvalue weighted by Crippen LogP contribution is -1.92. The monoisotopic (exact) mass is 570 g/mol. The van der Waals surface area contributed by atoms with Crippen LogP contribution in [-0.4, -0.2) is 0 Å². The van der Waals surface area contributed by atoms with Gasteiger partial charge in [0.15, 0.2) is 0 Å². The molecule has 0 spiro atoms. The topological polar surface area (TPSA) is 0 Å². The molecule has 7 aromatic carbocycles. The van der Waals surface area contributed by atoms with Crippen LogP contribution in [0.2, 0.25) is 0 Å². The number of aryl methyl sites for hydroxylation is 6. The summed E-state index contributed by atoms with van der Waals surface area (Å²) in [6.07, 6.45) is 0. The molecule has 0 amide bonds. The maximum absolute atomic E-state index is 2.22. The van der Waals surface area contributed by atoms with Crippen LogP contribution in [0.4, 0.5) is 0 Å². The molecule has 7 aromatic rings. The molecule has 0 saturated heterocycles. The van der Waals surface area contributed by atoms with E-state index in [-0.39, 0.29) is 0 Å². The first-order valence-corrected chi connectivity index (χ1v) is 15.4. The standard InChI is InChI=1S/C20H18.2C12H12/c1-15-13-14-16(2)20(18-11-7-4-8-12-18)19(15)17-9-5-3-6-10-17;1-9-3-5-12-8-10(2)4-6-11(12)7-9;1-9-7-8-10(2)12-6-4-3-5-11(9)12/h3-14H,1-2H3;2*3-8H,1-2H3. The molecule has 0 aliphatic carbocycles. The van der Waals surface area contributed by atoms with Crippen LogP contribution in [0.5, 0.6) is 0 Å². The summed E-state index contributed by atoms with van der Waals surface area (Å²) in [5, 5.41) is 5.41. The molecule has 0 heteroatoms. The normalized spacial score (nSPS) is 10.5. The van der Waals surface area contributed by atoms with E-state index >= 15 is 0 Å². The van der Waals surface area contributed by atoms with Gasteiger partial charge in [-0.3, -0.25) is 0 Å². The zero-order valence-corrected chi connectivity index (χ0v) is 26.9. The Balaban J connectivity index is 0.000000138. The first-order chi connectivity index (χ1) is 21.3. The maximum Gasteiger partial charge on any atom is -0.00735 e. The Hall–Kier alpha value is -4.94. The first-order valence-electron chi connectivity index (χ1n) is 15.4. The van der Waals surface area contributed by atoms with Crippen LogP contribution in [0, 0.1) is 41.5 Å². The Morgan fingerprint density at radius 2 is 0.636 bits per heavy atom. The highest BCUT2D eigenvalue weighted by molar-refractivity contribution is 5.89. The summed E-state index contributed by atoms with van der Waals surface area (Å²) in [5.74, 6) is 0. The van der Waals surface area contributed by atoms with Crippen LogP contribution in [0.15, 0.2) is 146 Å². The van der Waals surface area contributed by atoms with Gasteiger partial charge in [0.1, 0.15) is 0 Å². The SMILES string of the molecule is Cc1ccc(C)c(-c2ccccc2)c1-c1ccccc1.Cc1ccc(C)c2ccccc12.Cc1ccc2cc(C)ccc2c1. The minimum Gasteiger partial charge on any atom is -0.0622 e. The quantitative estimate of drug-likeness (QED) is 0.194. The van der Waals surface area contributed by atoms with Gasteiger partial charge in [-0.2, -0.15) is 0 Å². The van der Waals surface area contributed by atoms with Crippen molar-refractivity contribution in [1.82, 2.24) is 0 Å². The molecule has 7 rings (SSSR count). The fraction of sp³-hybridized carbons (Fsp3) is 0.136. The van der Waals surface area contributed by atoms with Gasteiger partial charge in [-0.15, -0.1) is 0 Å². The van der Waals surface area contributed by atoms with Crippen molar-refractivity contribution < 1.29 is 0 Å². The number of hydrogen-bond acceptors (Lipinski definition) is 0. The predicted molar refractivity (Wildman–Crippen MR) is 194 cm³/mol. The molecule has 218 valence electrons. The largest absolute Gasteiger partial charge is 0.0622 e. The minimum atomic E-state index is 1.28. The van der Waals surface area contributed by atoms with Gasteiger partial charge in [-0.05, 0) is 108 Å². The first kappa shape index (κ1) is 30.5. The van der Waals surface area contributed by atoms with Crippen molar-refractivity contribution in [3.8, 4) is 22.3 Å². The Kier molecular flexibility index (Phi) is 9.72. The molecule has 0 aliphatic rings. The molecular weight excluding hydrogens is 528 g/mol.